The minimum Gasteiger partial charge on any atom is -0.478 e. The van der Waals surface area contributed by atoms with Gasteiger partial charge in [0, 0.05) is 18.9 Å². The Hall–Kier alpha value is -1.45. The summed E-state index contributed by atoms with van der Waals surface area (Å²) < 4.78 is 5.23. The molecule has 0 aliphatic heterocycles. The summed E-state index contributed by atoms with van der Waals surface area (Å²) in [4.78, 5) is 19.4. The summed E-state index contributed by atoms with van der Waals surface area (Å²) in [6.07, 6.45) is 3.28. The van der Waals surface area contributed by atoms with Gasteiger partial charge in [0.25, 0.3) is 0 Å². The van der Waals surface area contributed by atoms with Crippen LogP contribution in [0.25, 0.3) is 0 Å². The molecular formula is C11H16N2O2. The molecule has 0 radical (unpaired) electrons. The number of ketones is 1. The van der Waals surface area contributed by atoms with Gasteiger partial charge in [0.05, 0.1) is 12.3 Å². The van der Waals surface area contributed by atoms with Gasteiger partial charge in [-0.05, 0) is 13.3 Å². The van der Waals surface area contributed by atoms with E-state index in [1.54, 1.807) is 6.07 Å². The molecule has 0 unspecified atom stereocenters. The van der Waals surface area contributed by atoms with Gasteiger partial charge in [0.1, 0.15) is 12.1 Å². The van der Waals surface area contributed by atoms with Gasteiger partial charge in [-0.2, -0.15) is 0 Å². The lowest BCUT2D eigenvalue weighted by molar-refractivity contribution is -0.118. The summed E-state index contributed by atoms with van der Waals surface area (Å²) in [5, 5.41) is 0. The number of aromatic nitrogens is 2. The van der Waals surface area contributed by atoms with Gasteiger partial charge in [-0.15, -0.1) is 0 Å². The molecule has 0 aliphatic carbocycles. The highest BCUT2D eigenvalue weighted by atomic mass is 16.5. The van der Waals surface area contributed by atoms with Crippen LogP contribution in [-0.2, 0) is 11.2 Å². The average molecular weight is 208 g/mol. The molecule has 82 valence electrons. The molecule has 4 nitrogen and oxygen atoms in total. The number of Topliss-reactive ketones (excluding diaryl/α,β-unsaturated/α-hetero) is 1. The highest BCUT2D eigenvalue weighted by molar-refractivity contribution is 5.80. The second kappa shape index (κ2) is 6.11. The Kier molecular flexibility index (Phi) is 4.74. The van der Waals surface area contributed by atoms with Crippen molar-refractivity contribution in [3.8, 4) is 5.88 Å². The summed E-state index contributed by atoms with van der Waals surface area (Å²) in [6, 6.07) is 1.72. The third kappa shape index (κ3) is 4.06. The van der Waals surface area contributed by atoms with Gasteiger partial charge in [-0.25, -0.2) is 9.97 Å². The monoisotopic (exact) mass is 208 g/mol. The van der Waals surface area contributed by atoms with Gasteiger partial charge < -0.3 is 4.74 Å². The lowest BCUT2D eigenvalue weighted by Gasteiger charge is -2.03. The summed E-state index contributed by atoms with van der Waals surface area (Å²) >= 11 is 0. The molecule has 1 rings (SSSR count). The fourth-order valence-electron chi connectivity index (χ4n) is 1.27. The van der Waals surface area contributed by atoms with E-state index in [2.05, 4.69) is 9.97 Å². The number of hydrogen-bond donors (Lipinski definition) is 0. The Balaban J connectivity index is 2.60. The van der Waals surface area contributed by atoms with E-state index in [0.29, 0.717) is 25.3 Å². The molecule has 0 aromatic carbocycles. The number of carbonyl (C=O) groups excluding carboxylic acids is 1. The van der Waals surface area contributed by atoms with Crippen molar-refractivity contribution in [1.82, 2.24) is 9.97 Å². The maximum atomic E-state index is 11.4. The third-order valence-corrected chi connectivity index (χ3v) is 1.90. The van der Waals surface area contributed by atoms with Gasteiger partial charge in [-0.3, -0.25) is 4.79 Å². The highest BCUT2D eigenvalue weighted by Gasteiger charge is 2.05. The quantitative estimate of drug-likeness (QED) is 0.715. The average Bonchev–Trinajstić information content (AvgIpc) is 2.19. The molecule has 4 heteroatoms. The SMILES string of the molecule is CCCC(=O)Cc1cc(OCC)ncn1. The Bertz CT molecular complexity index is 326. The Morgan fingerprint density at radius 1 is 1.40 bits per heavy atom. The first kappa shape index (κ1) is 11.6. The molecular weight excluding hydrogens is 192 g/mol. The number of hydrogen-bond acceptors (Lipinski definition) is 4. The second-order valence-corrected chi connectivity index (χ2v) is 3.25. The van der Waals surface area contributed by atoms with Crippen LogP contribution in [0.15, 0.2) is 12.4 Å². The van der Waals surface area contributed by atoms with Crippen LogP contribution in [0.2, 0.25) is 0 Å². The van der Waals surface area contributed by atoms with Crippen molar-refractivity contribution in [1.29, 1.82) is 0 Å². The fourth-order valence-corrected chi connectivity index (χ4v) is 1.27. The molecule has 1 aromatic rings. The predicted octanol–water partition coefficient (Wildman–Crippen LogP) is 1.79. The van der Waals surface area contributed by atoms with Crippen LogP contribution in [0.3, 0.4) is 0 Å². The third-order valence-electron chi connectivity index (χ3n) is 1.90. The molecule has 15 heavy (non-hydrogen) atoms. The maximum Gasteiger partial charge on any atom is 0.216 e. The number of carbonyl (C=O) groups is 1. The van der Waals surface area contributed by atoms with Crippen LogP contribution in [-0.4, -0.2) is 22.4 Å². The second-order valence-electron chi connectivity index (χ2n) is 3.25. The number of nitrogens with zero attached hydrogens (tertiary/aromatic N) is 2. The molecule has 0 saturated heterocycles. The van der Waals surface area contributed by atoms with Gasteiger partial charge in [0.2, 0.25) is 5.88 Å². The molecule has 0 N–H and O–H groups in total. The first-order valence-corrected chi connectivity index (χ1v) is 5.21. The minimum absolute atomic E-state index is 0.207. The van der Waals surface area contributed by atoms with E-state index < -0.39 is 0 Å². The lowest BCUT2D eigenvalue weighted by Crippen LogP contribution is -2.05. The molecule has 0 aliphatic rings. The van der Waals surface area contributed by atoms with E-state index in [1.165, 1.54) is 6.33 Å². The smallest absolute Gasteiger partial charge is 0.216 e. The van der Waals surface area contributed by atoms with Crippen LogP contribution in [0.4, 0.5) is 0 Å². The van der Waals surface area contributed by atoms with Crippen LogP contribution >= 0.6 is 0 Å². The Morgan fingerprint density at radius 2 is 2.20 bits per heavy atom. The summed E-state index contributed by atoms with van der Waals surface area (Å²) in [7, 11) is 0. The lowest BCUT2D eigenvalue weighted by atomic mass is 10.1. The van der Waals surface area contributed by atoms with E-state index in [-0.39, 0.29) is 5.78 Å². The topological polar surface area (TPSA) is 52.1 Å². The standard InChI is InChI=1S/C11H16N2O2/c1-3-5-10(14)6-9-7-11(15-4-2)13-8-12-9/h7-8H,3-6H2,1-2H3. The largest absolute Gasteiger partial charge is 0.478 e. The highest BCUT2D eigenvalue weighted by Crippen LogP contribution is 2.08. The Labute approximate surface area is 89.7 Å². The van der Waals surface area contributed by atoms with Crippen molar-refractivity contribution in [2.24, 2.45) is 0 Å². The van der Waals surface area contributed by atoms with Crippen molar-refractivity contribution in [2.45, 2.75) is 33.1 Å². The van der Waals surface area contributed by atoms with E-state index in [9.17, 15) is 4.79 Å². The molecule has 0 spiro atoms. The summed E-state index contributed by atoms with van der Waals surface area (Å²) in [5.74, 6) is 0.741. The molecule has 0 saturated carbocycles. The first-order valence-electron chi connectivity index (χ1n) is 5.21. The van der Waals surface area contributed by atoms with Crippen LogP contribution < -0.4 is 4.74 Å². The molecule has 0 amide bonds. The van der Waals surface area contributed by atoms with E-state index >= 15 is 0 Å². The number of rotatable bonds is 6. The first-order chi connectivity index (χ1) is 7.26. The van der Waals surface area contributed by atoms with Crippen molar-refractivity contribution < 1.29 is 9.53 Å². The van der Waals surface area contributed by atoms with Crippen molar-refractivity contribution in [3.63, 3.8) is 0 Å². The zero-order valence-corrected chi connectivity index (χ0v) is 9.19. The molecule has 1 heterocycles. The van der Waals surface area contributed by atoms with Gasteiger partial charge in [0.15, 0.2) is 0 Å². The predicted molar refractivity (Wildman–Crippen MR) is 56.8 cm³/mol. The van der Waals surface area contributed by atoms with E-state index in [0.717, 1.165) is 12.1 Å². The molecule has 0 fully saturated rings. The normalized spacial score (nSPS) is 10.0. The van der Waals surface area contributed by atoms with Gasteiger partial charge >= 0.3 is 0 Å². The van der Waals surface area contributed by atoms with Crippen molar-refractivity contribution in [3.05, 3.63) is 18.1 Å². The fraction of sp³-hybridized carbons (Fsp3) is 0.545. The van der Waals surface area contributed by atoms with Crippen molar-refractivity contribution in [2.75, 3.05) is 6.61 Å². The zero-order chi connectivity index (χ0) is 11.1. The summed E-state index contributed by atoms with van der Waals surface area (Å²) in [5.41, 5.74) is 0.729. The van der Waals surface area contributed by atoms with Gasteiger partial charge in [-0.1, -0.05) is 6.92 Å². The molecule has 0 atom stereocenters. The van der Waals surface area contributed by atoms with Crippen LogP contribution in [0, 0.1) is 0 Å². The van der Waals surface area contributed by atoms with E-state index in [1.807, 2.05) is 13.8 Å². The molecule has 1 aromatic heterocycles. The van der Waals surface area contributed by atoms with Crippen LogP contribution in [0.5, 0.6) is 5.88 Å². The molecule has 0 bridgehead atoms. The maximum absolute atomic E-state index is 11.4. The zero-order valence-electron chi connectivity index (χ0n) is 9.19. The Morgan fingerprint density at radius 3 is 2.87 bits per heavy atom. The van der Waals surface area contributed by atoms with E-state index in [4.69, 9.17) is 4.74 Å². The number of ether oxygens (including phenoxy) is 1. The van der Waals surface area contributed by atoms with Crippen LogP contribution in [0.1, 0.15) is 32.4 Å². The summed E-state index contributed by atoms with van der Waals surface area (Å²) in [6.45, 7) is 4.45. The van der Waals surface area contributed by atoms with Crippen molar-refractivity contribution >= 4 is 5.78 Å². The minimum atomic E-state index is 0.207.